The zero-order valence-electron chi connectivity index (χ0n) is 13.3. The molecule has 0 N–H and O–H groups in total. The molecule has 4 nitrogen and oxygen atoms in total. The highest BCUT2D eigenvalue weighted by atomic mass is 32.2. The lowest BCUT2D eigenvalue weighted by Gasteiger charge is -2.22. The first-order valence-electron chi connectivity index (χ1n) is 7.56. The van der Waals surface area contributed by atoms with Gasteiger partial charge in [0.25, 0.3) is 0 Å². The molecule has 0 spiro atoms. The van der Waals surface area contributed by atoms with Crippen molar-refractivity contribution >= 4 is 10.0 Å². The summed E-state index contributed by atoms with van der Waals surface area (Å²) >= 11 is 0. The van der Waals surface area contributed by atoms with Crippen LogP contribution in [0.1, 0.15) is 39.5 Å². The van der Waals surface area contributed by atoms with E-state index in [0.29, 0.717) is 13.1 Å². The van der Waals surface area contributed by atoms with E-state index in [1.54, 1.807) is 0 Å². The number of hydrogen-bond acceptors (Lipinski definition) is 3. The molecule has 0 unspecified atom stereocenters. The molecule has 0 aliphatic heterocycles. The Hall–Kier alpha value is -1.28. The first-order chi connectivity index (χ1) is 10.7. The molecule has 0 fully saturated rings. The SMILES string of the molecule is CCCCN(CCCC)S(=O)(=O)c1ccc(OC(F)(F)F)cc1. The molecule has 0 heterocycles. The van der Waals surface area contributed by atoms with E-state index in [0.717, 1.165) is 49.9 Å². The zero-order valence-corrected chi connectivity index (χ0v) is 14.1. The van der Waals surface area contributed by atoms with Gasteiger partial charge in [-0.15, -0.1) is 13.2 Å². The Kier molecular flexibility index (Phi) is 7.34. The van der Waals surface area contributed by atoms with Crippen LogP contribution in [0.2, 0.25) is 0 Å². The van der Waals surface area contributed by atoms with Gasteiger partial charge in [-0.3, -0.25) is 0 Å². The fourth-order valence-electron chi connectivity index (χ4n) is 1.98. The number of benzene rings is 1. The molecule has 0 aromatic heterocycles. The second kappa shape index (κ2) is 8.54. The number of sulfonamides is 1. The summed E-state index contributed by atoms with van der Waals surface area (Å²) in [5, 5.41) is 0. The summed E-state index contributed by atoms with van der Waals surface area (Å²) in [6.07, 6.45) is -1.61. The van der Waals surface area contributed by atoms with Gasteiger partial charge >= 0.3 is 6.36 Å². The van der Waals surface area contributed by atoms with Gasteiger partial charge in [-0.05, 0) is 37.1 Å². The lowest BCUT2D eigenvalue weighted by Crippen LogP contribution is -2.33. The Bertz CT molecular complexity index is 563. The monoisotopic (exact) mass is 353 g/mol. The molecule has 8 heteroatoms. The van der Waals surface area contributed by atoms with Crippen molar-refractivity contribution in [2.24, 2.45) is 0 Å². The van der Waals surface area contributed by atoms with Gasteiger partial charge in [0.15, 0.2) is 0 Å². The van der Waals surface area contributed by atoms with Crippen molar-refractivity contribution < 1.29 is 26.3 Å². The quantitative estimate of drug-likeness (QED) is 0.669. The van der Waals surface area contributed by atoms with Gasteiger partial charge in [0.05, 0.1) is 4.90 Å². The Morgan fingerprint density at radius 2 is 1.48 bits per heavy atom. The van der Waals surface area contributed by atoms with Crippen LogP contribution in [0.5, 0.6) is 5.75 Å². The Morgan fingerprint density at radius 1 is 1.00 bits per heavy atom. The van der Waals surface area contributed by atoms with Gasteiger partial charge in [-0.1, -0.05) is 26.7 Å². The third kappa shape index (κ3) is 6.39. The van der Waals surface area contributed by atoms with Crippen LogP contribution in [-0.4, -0.2) is 32.2 Å². The van der Waals surface area contributed by atoms with Crippen LogP contribution in [0.15, 0.2) is 29.2 Å². The van der Waals surface area contributed by atoms with Crippen molar-refractivity contribution in [3.05, 3.63) is 24.3 Å². The Balaban J connectivity index is 2.95. The van der Waals surface area contributed by atoms with Crippen molar-refractivity contribution in [1.82, 2.24) is 4.31 Å². The molecule has 0 saturated carbocycles. The van der Waals surface area contributed by atoms with E-state index in [4.69, 9.17) is 0 Å². The number of unbranched alkanes of at least 4 members (excludes halogenated alkanes) is 2. The second-order valence-corrected chi connectivity index (χ2v) is 7.07. The smallest absolute Gasteiger partial charge is 0.406 e. The van der Waals surface area contributed by atoms with E-state index in [2.05, 4.69) is 4.74 Å². The summed E-state index contributed by atoms with van der Waals surface area (Å²) in [6, 6.07) is 4.30. The van der Waals surface area contributed by atoms with Crippen LogP contribution in [0.3, 0.4) is 0 Å². The number of ether oxygens (including phenoxy) is 1. The maximum absolute atomic E-state index is 12.6. The van der Waals surface area contributed by atoms with Crippen molar-refractivity contribution in [2.45, 2.75) is 50.8 Å². The highest BCUT2D eigenvalue weighted by molar-refractivity contribution is 7.89. The fraction of sp³-hybridized carbons (Fsp3) is 0.600. The van der Waals surface area contributed by atoms with E-state index in [1.165, 1.54) is 4.31 Å². The van der Waals surface area contributed by atoms with Crippen molar-refractivity contribution in [1.29, 1.82) is 0 Å². The minimum absolute atomic E-state index is 0.0285. The van der Waals surface area contributed by atoms with Gasteiger partial charge in [-0.2, -0.15) is 4.31 Å². The molecule has 0 atom stereocenters. The third-order valence-corrected chi connectivity index (χ3v) is 5.13. The van der Waals surface area contributed by atoms with Crippen molar-refractivity contribution in [2.75, 3.05) is 13.1 Å². The number of alkyl halides is 3. The first-order valence-corrected chi connectivity index (χ1v) is 9.00. The average molecular weight is 353 g/mol. The first kappa shape index (κ1) is 19.8. The van der Waals surface area contributed by atoms with Crippen LogP contribution in [0, 0.1) is 0 Å². The Labute approximate surface area is 135 Å². The molecule has 0 amide bonds. The van der Waals surface area contributed by atoms with Crippen LogP contribution in [-0.2, 0) is 10.0 Å². The van der Waals surface area contributed by atoms with E-state index in [9.17, 15) is 21.6 Å². The van der Waals surface area contributed by atoms with Crippen LogP contribution >= 0.6 is 0 Å². The number of hydrogen-bond donors (Lipinski definition) is 0. The number of halogens is 3. The van der Waals surface area contributed by atoms with Crippen LogP contribution in [0.4, 0.5) is 13.2 Å². The summed E-state index contributed by atoms with van der Waals surface area (Å²) in [5.74, 6) is -0.440. The molecular formula is C15H22F3NO3S. The molecule has 1 aromatic rings. The van der Waals surface area contributed by atoms with Gasteiger partial charge in [0.1, 0.15) is 5.75 Å². The predicted molar refractivity (Wildman–Crippen MR) is 81.7 cm³/mol. The van der Waals surface area contributed by atoms with Gasteiger partial charge in [-0.25, -0.2) is 8.42 Å². The van der Waals surface area contributed by atoms with E-state index in [1.807, 2.05) is 13.8 Å². The molecule has 0 aliphatic carbocycles. The van der Waals surface area contributed by atoms with Crippen LogP contribution in [0.25, 0.3) is 0 Å². The lowest BCUT2D eigenvalue weighted by atomic mass is 10.3. The van der Waals surface area contributed by atoms with Crippen LogP contribution < -0.4 is 4.74 Å². The summed E-state index contributed by atoms with van der Waals surface area (Å²) in [6.45, 7) is 4.74. The maximum Gasteiger partial charge on any atom is 0.573 e. The second-order valence-electron chi connectivity index (χ2n) is 5.13. The van der Waals surface area contributed by atoms with E-state index >= 15 is 0 Å². The van der Waals surface area contributed by atoms with Crippen molar-refractivity contribution in [3.8, 4) is 5.75 Å². The molecule has 0 saturated heterocycles. The molecular weight excluding hydrogens is 331 g/mol. The topological polar surface area (TPSA) is 46.6 Å². The Morgan fingerprint density at radius 3 is 1.87 bits per heavy atom. The molecule has 1 rings (SSSR count). The summed E-state index contributed by atoms with van der Waals surface area (Å²) in [7, 11) is -3.71. The molecule has 0 bridgehead atoms. The summed E-state index contributed by atoms with van der Waals surface area (Å²) in [4.78, 5) is -0.0285. The highest BCUT2D eigenvalue weighted by Crippen LogP contribution is 2.25. The number of nitrogens with zero attached hydrogens (tertiary/aromatic N) is 1. The summed E-state index contributed by atoms with van der Waals surface area (Å²) in [5.41, 5.74) is 0. The van der Waals surface area contributed by atoms with Gasteiger partial charge in [0, 0.05) is 13.1 Å². The van der Waals surface area contributed by atoms with Gasteiger partial charge in [0.2, 0.25) is 10.0 Å². The fourth-order valence-corrected chi connectivity index (χ4v) is 3.50. The molecule has 23 heavy (non-hydrogen) atoms. The normalized spacial score (nSPS) is 12.6. The molecule has 1 aromatic carbocycles. The third-order valence-electron chi connectivity index (χ3n) is 3.22. The minimum atomic E-state index is -4.80. The average Bonchev–Trinajstić information content (AvgIpc) is 2.46. The number of rotatable bonds is 9. The zero-order chi connectivity index (χ0) is 17.5. The van der Waals surface area contributed by atoms with E-state index in [-0.39, 0.29) is 4.90 Å². The standard InChI is InChI=1S/C15H22F3NO3S/c1-3-5-11-19(12-6-4-2)23(20,21)14-9-7-13(8-10-14)22-15(16,17)18/h7-10H,3-6,11-12H2,1-2H3. The highest BCUT2D eigenvalue weighted by Gasteiger charge is 2.31. The van der Waals surface area contributed by atoms with Crippen molar-refractivity contribution in [3.63, 3.8) is 0 Å². The largest absolute Gasteiger partial charge is 0.573 e. The summed E-state index contributed by atoms with van der Waals surface area (Å²) < 4.78 is 66.7. The molecule has 0 aliphatic rings. The maximum atomic E-state index is 12.6. The molecule has 132 valence electrons. The lowest BCUT2D eigenvalue weighted by molar-refractivity contribution is -0.274. The predicted octanol–water partition coefficient (Wildman–Crippen LogP) is 4.18. The molecule has 0 radical (unpaired) electrons. The van der Waals surface area contributed by atoms with E-state index < -0.39 is 22.1 Å². The van der Waals surface area contributed by atoms with Gasteiger partial charge < -0.3 is 4.74 Å². The minimum Gasteiger partial charge on any atom is -0.406 e.